The predicted molar refractivity (Wildman–Crippen MR) is 55.8 cm³/mol. The van der Waals surface area contributed by atoms with Gasteiger partial charge in [0.25, 0.3) is 0 Å². The third-order valence-electron chi connectivity index (χ3n) is 3.26. The summed E-state index contributed by atoms with van der Waals surface area (Å²) >= 11 is 0. The second-order valence-electron chi connectivity index (χ2n) is 3.92. The molecule has 0 bridgehead atoms. The fourth-order valence-electron chi connectivity index (χ4n) is 2.23. The van der Waals surface area contributed by atoms with E-state index in [0.29, 0.717) is 12.0 Å². The number of hydrogen-bond acceptors (Lipinski definition) is 2. The van der Waals surface area contributed by atoms with Crippen molar-refractivity contribution in [1.82, 2.24) is 4.90 Å². The van der Waals surface area contributed by atoms with Crippen LogP contribution in [0.4, 0.5) is 0 Å². The lowest BCUT2D eigenvalue weighted by molar-refractivity contribution is 0.0587. The fourth-order valence-corrected chi connectivity index (χ4v) is 2.23. The monoisotopic (exact) mass is 186 g/mol. The molecule has 0 amide bonds. The Morgan fingerprint density at radius 2 is 1.93 bits per heavy atom. The number of benzene rings is 1. The summed E-state index contributed by atoms with van der Waals surface area (Å²) in [5.41, 5.74) is 1.28. The smallest absolute Gasteiger partial charge is 0.106 e. The molecule has 72 valence electrons. The lowest BCUT2D eigenvalue weighted by atomic mass is 9.77. The van der Waals surface area contributed by atoms with E-state index < -0.39 is 0 Å². The van der Waals surface area contributed by atoms with E-state index in [2.05, 4.69) is 30.0 Å². The minimum absolute atomic E-state index is 0.0485. The average molecular weight is 186 g/mol. The molecule has 0 N–H and O–H groups in total. The summed E-state index contributed by atoms with van der Waals surface area (Å²) in [5.74, 6) is 0.381. The second-order valence-corrected chi connectivity index (χ2v) is 3.92. The first-order chi connectivity index (χ1) is 6.75. The molecule has 2 rings (SSSR count). The van der Waals surface area contributed by atoms with Gasteiger partial charge >= 0.3 is 0 Å². The molecular formula is C12H14N2. The van der Waals surface area contributed by atoms with E-state index in [0.717, 1.165) is 0 Å². The van der Waals surface area contributed by atoms with E-state index >= 15 is 0 Å². The van der Waals surface area contributed by atoms with Crippen molar-refractivity contribution in [3.63, 3.8) is 0 Å². The first-order valence-electron chi connectivity index (χ1n) is 4.92. The van der Waals surface area contributed by atoms with Crippen molar-refractivity contribution in [2.45, 2.75) is 24.9 Å². The summed E-state index contributed by atoms with van der Waals surface area (Å²) in [4.78, 5) is 2.12. The molecular weight excluding hydrogens is 172 g/mol. The molecule has 3 atom stereocenters. The molecule has 2 nitrogen and oxygen atoms in total. The van der Waals surface area contributed by atoms with Crippen LogP contribution in [0.5, 0.6) is 0 Å². The molecule has 0 spiro atoms. The number of likely N-dealkylation sites (tertiary alicyclic amines) is 1. The molecule has 0 saturated carbocycles. The summed E-state index contributed by atoms with van der Waals surface area (Å²) in [6, 6.07) is 13.2. The molecule has 0 aromatic heterocycles. The molecule has 14 heavy (non-hydrogen) atoms. The fraction of sp³-hybridized carbons (Fsp3) is 0.417. The highest BCUT2D eigenvalue weighted by molar-refractivity contribution is 5.30. The number of nitrogens with zero attached hydrogens (tertiary/aromatic N) is 2. The van der Waals surface area contributed by atoms with Gasteiger partial charge in [0.1, 0.15) is 6.04 Å². The van der Waals surface area contributed by atoms with Gasteiger partial charge in [-0.1, -0.05) is 30.3 Å². The van der Waals surface area contributed by atoms with Gasteiger partial charge in [0.15, 0.2) is 0 Å². The SMILES string of the molecule is C[C@@H]1[C@H](c2ccccc2)[C@H](C#N)N1C. The Hall–Kier alpha value is -1.33. The van der Waals surface area contributed by atoms with Crippen LogP contribution in [0.25, 0.3) is 0 Å². The van der Waals surface area contributed by atoms with Crippen LogP contribution in [-0.2, 0) is 0 Å². The van der Waals surface area contributed by atoms with Crippen molar-refractivity contribution < 1.29 is 0 Å². The number of likely N-dealkylation sites (N-methyl/N-ethyl adjacent to an activating group) is 1. The standard InChI is InChI=1S/C12H14N2/c1-9-12(11(8-13)14(9)2)10-6-4-3-5-7-10/h3-7,9,11-12H,1-2H3/t9-,11+,12-/m1/s1. The maximum Gasteiger partial charge on any atom is 0.106 e. The van der Waals surface area contributed by atoms with Gasteiger partial charge in [0.05, 0.1) is 6.07 Å². The summed E-state index contributed by atoms with van der Waals surface area (Å²) in [6.07, 6.45) is 0. The highest BCUT2D eigenvalue weighted by Gasteiger charge is 2.44. The average Bonchev–Trinajstić information content (AvgIpc) is 2.25. The Bertz CT molecular complexity index is 352. The van der Waals surface area contributed by atoms with E-state index in [9.17, 15) is 0 Å². The molecule has 0 aliphatic carbocycles. The van der Waals surface area contributed by atoms with Crippen LogP contribution in [0.2, 0.25) is 0 Å². The molecule has 0 unspecified atom stereocenters. The van der Waals surface area contributed by atoms with Crippen LogP contribution >= 0.6 is 0 Å². The van der Waals surface area contributed by atoms with Crippen LogP contribution < -0.4 is 0 Å². The highest BCUT2D eigenvalue weighted by Crippen LogP contribution is 2.38. The molecule has 1 saturated heterocycles. The largest absolute Gasteiger partial charge is 0.287 e. The molecule has 1 aromatic carbocycles. The van der Waals surface area contributed by atoms with Gasteiger partial charge in [-0.2, -0.15) is 5.26 Å². The van der Waals surface area contributed by atoms with Crippen molar-refractivity contribution in [2.24, 2.45) is 0 Å². The van der Waals surface area contributed by atoms with Crippen molar-refractivity contribution in [3.05, 3.63) is 35.9 Å². The first kappa shape index (κ1) is 9.23. The molecule has 1 heterocycles. The lowest BCUT2D eigenvalue weighted by Gasteiger charge is -2.48. The minimum atomic E-state index is 0.0485. The summed E-state index contributed by atoms with van der Waals surface area (Å²) in [7, 11) is 2.01. The summed E-state index contributed by atoms with van der Waals surface area (Å²) in [5, 5.41) is 9.01. The van der Waals surface area contributed by atoms with E-state index in [1.165, 1.54) is 5.56 Å². The Morgan fingerprint density at radius 1 is 1.29 bits per heavy atom. The quantitative estimate of drug-likeness (QED) is 0.670. The Balaban J connectivity index is 2.25. The van der Waals surface area contributed by atoms with Crippen LogP contribution in [0, 0.1) is 11.3 Å². The van der Waals surface area contributed by atoms with E-state index in [4.69, 9.17) is 5.26 Å². The molecule has 1 fully saturated rings. The van der Waals surface area contributed by atoms with Crippen molar-refractivity contribution in [2.75, 3.05) is 7.05 Å². The number of rotatable bonds is 1. The maximum absolute atomic E-state index is 9.01. The van der Waals surface area contributed by atoms with Gasteiger partial charge < -0.3 is 0 Å². The number of nitriles is 1. The first-order valence-corrected chi connectivity index (χ1v) is 4.92. The zero-order valence-corrected chi connectivity index (χ0v) is 8.51. The Morgan fingerprint density at radius 3 is 2.50 bits per heavy atom. The van der Waals surface area contributed by atoms with Crippen molar-refractivity contribution >= 4 is 0 Å². The molecule has 1 aromatic rings. The molecule has 0 radical (unpaired) electrons. The third-order valence-corrected chi connectivity index (χ3v) is 3.26. The minimum Gasteiger partial charge on any atom is -0.287 e. The molecule has 1 aliphatic rings. The number of hydrogen-bond donors (Lipinski definition) is 0. The van der Waals surface area contributed by atoms with Crippen LogP contribution in [0.1, 0.15) is 18.4 Å². The second kappa shape index (κ2) is 3.43. The van der Waals surface area contributed by atoms with E-state index in [1.807, 2.05) is 25.2 Å². The van der Waals surface area contributed by atoms with Gasteiger partial charge in [-0.25, -0.2) is 0 Å². The van der Waals surface area contributed by atoms with E-state index in [-0.39, 0.29) is 6.04 Å². The molecule has 2 heteroatoms. The molecule has 1 aliphatic heterocycles. The third kappa shape index (κ3) is 1.21. The van der Waals surface area contributed by atoms with Crippen molar-refractivity contribution in [3.8, 4) is 6.07 Å². The normalized spacial score (nSPS) is 31.9. The summed E-state index contributed by atoms with van der Waals surface area (Å²) < 4.78 is 0. The maximum atomic E-state index is 9.01. The Labute approximate surface area is 84.8 Å². The van der Waals surface area contributed by atoms with E-state index in [1.54, 1.807) is 0 Å². The van der Waals surface area contributed by atoms with Crippen LogP contribution in [-0.4, -0.2) is 24.0 Å². The van der Waals surface area contributed by atoms with Gasteiger partial charge in [-0.15, -0.1) is 0 Å². The van der Waals surface area contributed by atoms with Gasteiger partial charge in [-0.3, -0.25) is 4.90 Å². The van der Waals surface area contributed by atoms with Crippen LogP contribution in [0.15, 0.2) is 30.3 Å². The van der Waals surface area contributed by atoms with Crippen LogP contribution in [0.3, 0.4) is 0 Å². The van der Waals surface area contributed by atoms with Gasteiger partial charge in [0.2, 0.25) is 0 Å². The predicted octanol–water partition coefficient (Wildman–Crippen LogP) is 2.00. The van der Waals surface area contributed by atoms with Gasteiger partial charge in [-0.05, 0) is 19.5 Å². The highest BCUT2D eigenvalue weighted by atomic mass is 15.2. The topological polar surface area (TPSA) is 27.0 Å². The Kier molecular flexibility index (Phi) is 2.26. The zero-order valence-electron chi connectivity index (χ0n) is 8.51. The van der Waals surface area contributed by atoms with Gasteiger partial charge in [0, 0.05) is 12.0 Å². The lowest BCUT2D eigenvalue weighted by Crippen LogP contribution is -2.58. The van der Waals surface area contributed by atoms with Crippen molar-refractivity contribution in [1.29, 1.82) is 5.26 Å². The summed E-state index contributed by atoms with van der Waals surface area (Å²) in [6.45, 7) is 2.17. The zero-order chi connectivity index (χ0) is 10.1.